The molecule has 0 aromatic carbocycles. The minimum absolute atomic E-state index is 0. The third-order valence-corrected chi connectivity index (χ3v) is 2.80. The molecule has 6 heteroatoms. The van der Waals surface area contributed by atoms with E-state index >= 15 is 0 Å². The van der Waals surface area contributed by atoms with E-state index in [0.717, 1.165) is 13.1 Å². The monoisotopic (exact) mass is 347 g/mol. The molecule has 1 heterocycles. The van der Waals surface area contributed by atoms with Gasteiger partial charge in [0.05, 0.1) is 0 Å². The van der Waals surface area contributed by atoms with Crippen molar-refractivity contribution in [3.63, 3.8) is 0 Å². The molecule has 19 heavy (non-hydrogen) atoms. The van der Waals surface area contributed by atoms with Crippen molar-refractivity contribution in [3.05, 3.63) is 12.7 Å². The molecule has 3 nitrogen and oxygen atoms in total. The van der Waals surface area contributed by atoms with E-state index in [4.69, 9.17) is 0 Å². The van der Waals surface area contributed by atoms with Crippen molar-refractivity contribution in [3.8, 4) is 0 Å². The molecule has 0 radical (unpaired) electrons. The van der Waals surface area contributed by atoms with Gasteiger partial charge in [0.15, 0.2) is 0 Å². The largest absolute Gasteiger partial charge is 2.00 e. The van der Waals surface area contributed by atoms with Crippen LogP contribution < -0.4 is 10.6 Å². The molecule has 0 aromatic heterocycles. The zero-order valence-electron chi connectivity index (χ0n) is 12.2. The maximum absolute atomic E-state index is 4.53. The number of hydrogen-bond acceptors (Lipinski definition) is 2. The Kier molecular flexibility index (Phi) is 36.1. The number of hydrogen-bond donors (Lipinski definition) is 2. The summed E-state index contributed by atoms with van der Waals surface area (Å²) in [5, 5.41) is 11.5. The van der Waals surface area contributed by atoms with Crippen LogP contribution in [0.3, 0.4) is 0 Å². The Morgan fingerprint density at radius 1 is 0.579 bits per heavy atom. The van der Waals surface area contributed by atoms with E-state index in [1.807, 2.05) is 0 Å². The quantitative estimate of drug-likeness (QED) is 0.521. The van der Waals surface area contributed by atoms with Gasteiger partial charge in [-0.2, -0.15) is 0 Å². The third-order valence-electron chi connectivity index (χ3n) is 2.80. The Bertz CT molecular complexity index is 84.5. The van der Waals surface area contributed by atoms with Gasteiger partial charge in [0.2, 0.25) is 0 Å². The van der Waals surface area contributed by atoms with Crippen molar-refractivity contribution in [2.45, 2.75) is 38.5 Å². The first-order chi connectivity index (χ1) is 7.50. The maximum atomic E-state index is 4.53. The molecule has 2 N–H and O–H groups in total. The molecule has 116 valence electrons. The van der Waals surface area contributed by atoms with Crippen molar-refractivity contribution in [1.82, 2.24) is 10.6 Å². The fourth-order valence-electron chi connectivity index (χ4n) is 1.81. The van der Waals surface area contributed by atoms with E-state index in [1.54, 1.807) is 0 Å². The third kappa shape index (κ3) is 21.6. The molecule has 1 rings (SSSR count). The van der Waals surface area contributed by atoms with E-state index in [0.29, 0.717) is 0 Å². The van der Waals surface area contributed by atoms with Gasteiger partial charge in [0.25, 0.3) is 0 Å². The van der Waals surface area contributed by atoms with Gasteiger partial charge < -0.3 is 23.4 Å². The average molecular weight is 348 g/mol. The molecule has 0 aromatic rings. The number of nitrogens with zero attached hydrogens (tertiary/aromatic N) is 1. The van der Waals surface area contributed by atoms with Crippen molar-refractivity contribution in [2.75, 3.05) is 39.3 Å². The first-order valence-corrected chi connectivity index (χ1v) is 6.55. The van der Waals surface area contributed by atoms with Crippen LogP contribution in [0.25, 0.3) is 5.32 Å². The summed E-state index contributed by atoms with van der Waals surface area (Å²) >= 11 is 0. The molecule has 0 bridgehead atoms. The zero-order valence-corrected chi connectivity index (χ0v) is 15.4. The van der Waals surface area contributed by atoms with Crippen LogP contribution in [0, 0.1) is 7.43 Å². The molecule has 1 fully saturated rings. The Morgan fingerprint density at radius 2 is 0.895 bits per heavy atom. The molecule has 0 saturated carbocycles. The summed E-state index contributed by atoms with van der Waals surface area (Å²) < 4.78 is 0. The van der Waals surface area contributed by atoms with Crippen molar-refractivity contribution in [1.29, 1.82) is 0 Å². The first-order valence-electron chi connectivity index (χ1n) is 6.55. The molecule has 0 amide bonds. The molecule has 0 unspecified atom stereocenters. The maximum Gasteiger partial charge on any atom is 2.00 e. The molecular weight excluding hydrogens is 317 g/mol. The summed E-state index contributed by atoms with van der Waals surface area (Å²) in [4.78, 5) is 0. The van der Waals surface area contributed by atoms with E-state index in [2.05, 4.69) is 16.0 Å². The van der Waals surface area contributed by atoms with Crippen LogP contribution in [0.4, 0.5) is 0 Å². The van der Waals surface area contributed by atoms with Gasteiger partial charge in [-0.1, -0.05) is 12.8 Å². The van der Waals surface area contributed by atoms with E-state index in [-0.39, 0.29) is 54.0 Å². The summed E-state index contributed by atoms with van der Waals surface area (Å²) in [6.45, 7) is 6.83. The average Bonchev–Trinajstić information content (AvgIpc) is 2.27. The van der Waals surface area contributed by atoms with Crippen LogP contribution >= 0.6 is 24.8 Å². The van der Waals surface area contributed by atoms with Gasteiger partial charge in [0, 0.05) is 0 Å². The van der Waals surface area contributed by atoms with Crippen LogP contribution in [-0.4, -0.2) is 39.3 Å². The van der Waals surface area contributed by atoms with E-state index in [1.165, 1.54) is 64.7 Å². The Morgan fingerprint density at radius 3 is 1.26 bits per heavy atom. The first kappa shape index (κ1) is 28.4. The zero-order chi connectivity index (χ0) is 10.6. The van der Waals surface area contributed by atoms with Crippen LogP contribution in [0.2, 0.25) is 0 Å². The second-order valence-corrected chi connectivity index (χ2v) is 4.29. The fraction of sp³-hybridized carbons (Fsp3) is 0.923. The summed E-state index contributed by atoms with van der Waals surface area (Å²) in [7, 11) is 0. The summed E-state index contributed by atoms with van der Waals surface area (Å²) in [5.41, 5.74) is 0. The van der Waals surface area contributed by atoms with Crippen molar-refractivity contribution >= 4 is 24.8 Å². The Hall–Kier alpha value is 1.17. The standard InChI is InChI=1S/C12H26N3.CH3.2ClH.Ti/c1-2-8-14-10-5-6-12-15-11-4-3-9-13-7-1;;;;/h13-14H,1-12H2;1H3;2*1H;/q2*-1;;;+2. The molecule has 0 atom stereocenters. The van der Waals surface area contributed by atoms with Crippen LogP contribution in [0.15, 0.2) is 0 Å². The molecule has 0 aliphatic carbocycles. The van der Waals surface area contributed by atoms with Gasteiger partial charge in [-0.05, 0) is 51.9 Å². The molecule has 1 aliphatic rings. The van der Waals surface area contributed by atoms with Gasteiger partial charge in [-0.15, -0.1) is 37.9 Å². The number of halogens is 2. The number of rotatable bonds is 0. The van der Waals surface area contributed by atoms with Crippen LogP contribution in [0.1, 0.15) is 38.5 Å². The van der Waals surface area contributed by atoms with Gasteiger partial charge in [0.1, 0.15) is 0 Å². The number of nitrogens with one attached hydrogen (secondary N) is 2. The molecular formula is C13H31Cl2N3Ti. The fourth-order valence-corrected chi connectivity index (χ4v) is 1.81. The molecule has 1 saturated heterocycles. The smallest absolute Gasteiger partial charge is 0.662 e. The Labute approximate surface area is 147 Å². The second-order valence-electron chi connectivity index (χ2n) is 4.29. The normalized spacial score (nSPS) is 18.9. The predicted octanol–water partition coefficient (Wildman–Crippen LogP) is 3.18. The van der Waals surface area contributed by atoms with Gasteiger partial charge in [-0.25, -0.2) is 0 Å². The minimum atomic E-state index is 0. The van der Waals surface area contributed by atoms with Crippen LogP contribution in [0.5, 0.6) is 0 Å². The molecule has 0 spiro atoms. The Balaban J connectivity index is -0.000000281. The SMILES string of the molecule is C1CCNCCCCNCCCC[N-]C1.Cl.Cl.[CH3-].[Ti+2]. The summed E-state index contributed by atoms with van der Waals surface area (Å²) in [6.07, 6.45) is 7.68. The van der Waals surface area contributed by atoms with E-state index < -0.39 is 0 Å². The minimum Gasteiger partial charge on any atom is -0.662 e. The van der Waals surface area contributed by atoms with Gasteiger partial charge >= 0.3 is 21.7 Å². The van der Waals surface area contributed by atoms with Crippen molar-refractivity contribution in [2.24, 2.45) is 0 Å². The van der Waals surface area contributed by atoms with Crippen LogP contribution in [-0.2, 0) is 21.7 Å². The summed E-state index contributed by atoms with van der Waals surface area (Å²) in [5.74, 6) is 0. The van der Waals surface area contributed by atoms with Gasteiger partial charge in [-0.3, -0.25) is 0 Å². The second kappa shape index (κ2) is 24.2. The van der Waals surface area contributed by atoms with E-state index in [9.17, 15) is 0 Å². The topological polar surface area (TPSA) is 38.2 Å². The van der Waals surface area contributed by atoms with Crippen molar-refractivity contribution < 1.29 is 21.7 Å². The predicted molar refractivity (Wildman–Crippen MR) is 87.4 cm³/mol. The molecule has 1 aliphatic heterocycles. The summed E-state index contributed by atoms with van der Waals surface area (Å²) in [6, 6.07) is 0.